The molecule has 1 spiro atoms. The lowest BCUT2D eigenvalue weighted by Crippen LogP contribution is -2.62. The molecule has 4 rings (SSSR count). The number of nitrogens with zero attached hydrogens (tertiary/aromatic N) is 1. The van der Waals surface area contributed by atoms with E-state index in [9.17, 15) is 8.42 Å². The van der Waals surface area contributed by atoms with Gasteiger partial charge in [-0.25, -0.2) is 8.42 Å². The summed E-state index contributed by atoms with van der Waals surface area (Å²) in [5, 5.41) is 0. The largest absolute Gasteiger partial charge is 0.292 e. The lowest BCUT2D eigenvalue weighted by Gasteiger charge is -2.56. The quantitative estimate of drug-likeness (QED) is 0.838. The van der Waals surface area contributed by atoms with Gasteiger partial charge in [0.25, 0.3) is 0 Å². The average Bonchev–Trinajstić information content (AvgIpc) is 2.51. The van der Waals surface area contributed by atoms with Crippen molar-refractivity contribution < 1.29 is 8.42 Å². The molecule has 2 aromatic rings. The molecule has 126 valence electrons. The molecule has 1 heterocycles. The third kappa shape index (κ3) is 3.26. The van der Waals surface area contributed by atoms with Crippen molar-refractivity contribution in [1.82, 2.24) is 4.90 Å². The van der Waals surface area contributed by atoms with Gasteiger partial charge in [-0.15, -0.1) is 0 Å². The normalized spacial score (nSPS) is 21.4. The van der Waals surface area contributed by atoms with E-state index in [0.717, 1.165) is 25.9 Å². The van der Waals surface area contributed by atoms with Crippen LogP contribution in [0.2, 0.25) is 0 Å². The van der Waals surface area contributed by atoms with Crippen LogP contribution in [0, 0.1) is 5.41 Å². The van der Waals surface area contributed by atoms with E-state index in [1.165, 1.54) is 11.1 Å². The van der Waals surface area contributed by atoms with Crippen molar-refractivity contribution in [3.63, 3.8) is 0 Å². The molecule has 0 aromatic heterocycles. The molecule has 2 fully saturated rings. The lowest BCUT2D eigenvalue weighted by atomic mass is 9.66. The molecule has 1 saturated heterocycles. The number of benzene rings is 2. The van der Waals surface area contributed by atoms with Crippen molar-refractivity contribution >= 4 is 9.84 Å². The Balaban J connectivity index is 1.47. The van der Waals surface area contributed by atoms with E-state index in [2.05, 4.69) is 53.4 Å². The summed E-state index contributed by atoms with van der Waals surface area (Å²) < 4.78 is 23.1. The predicted octanol–water partition coefficient (Wildman–Crippen LogP) is 3.27. The zero-order valence-corrected chi connectivity index (χ0v) is 14.6. The van der Waals surface area contributed by atoms with Crippen molar-refractivity contribution in [2.45, 2.75) is 32.0 Å². The zero-order valence-electron chi connectivity index (χ0n) is 13.8. The smallest absolute Gasteiger partial charge is 0.151 e. The molecular weight excluding hydrogens is 318 g/mol. The van der Waals surface area contributed by atoms with E-state index in [4.69, 9.17) is 0 Å². The van der Waals surface area contributed by atoms with Crippen molar-refractivity contribution in [3.05, 3.63) is 71.8 Å². The molecule has 3 nitrogen and oxygen atoms in total. The lowest BCUT2D eigenvalue weighted by molar-refractivity contribution is 0.0105. The second-order valence-electron chi connectivity index (χ2n) is 7.47. The summed E-state index contributed by atoms with van der Waals surface area (Å²) in [6, 6.07) is 21.6. The Bertz CT molecular complexity index is 741. The van der Waals surface area contributed by atoms with Gasteiger partial charge in [0.1, 0.15) is 0 Å². The molecule has 0 N–H and O–H groups in total. The molecule has 24 heavy (non-hydrogen) atoms. The number of hydrogen-bond acceptors (Lipinski definition) is 3. The Morgan fingerprint density at radius 3 is 1.71 bits per heavy atom. The van der Waals surface area contributed by atoms with Gasteiger partial charge in [-0.3, -0.25) is 4.90 Å². The van der Waals surface area contributed by atoms with E-state index in [1.807, 2.05) is 12.1 Å². The Labute approximate surface area is 144 Å². The summed E-state index contributed by atoms with van der Waals surface area (Å²) in [5.41, 5.74) is 2.72. The average molecular weight is 341 g/mol. The molecule has 1 saturated carbocycles. The standard InChI is InChI=1S/C20H23NO2S/c22-24(23)15-20(16-24)11-19(12-20)21(13-17-7-3-1-4-8-17)14-18-9-5-2-6-10-18/h1-10,19H,11-16H2. The van der Waals surface area contributed by atoms with Crippen LogP contribution in [0.4, 0.5) is 0 Å². The fourth-order valence-electron chi connectivity index (χ4n) is 4.27. The molecule has 0 unspecified atom stereocenters. The minimum absolute atomic E-state index is 0.0924. The first-order valence-corrected chi connectivity index (χ1v) is 10.4. The van der Waals surface area contributed by atoms with Gasteiger partial charge in [0.2, 0.25) is 0 Å². The second-order valence-corrected chi connectivity index (χ2v) is 9.53. The Hall–Kier alpha value is -1.65. The molecule has 0 amide bonds. The fourth-order valence-corrected chi connectivity index (χ4v) is 6.53. The van der Waals surface area contributed by atoms with Crippen LogP contribution in [0.1, 0.15) is 24.0 Å². The number of rotatable bonds is 5. The Morgan fingerprint density at radius 2 is 1.29 bits per heavy atom. The van der Waals surface area contributed by atoms with Crippen LogP contribution in [0.25, 0.3) is 0 Å². The van der Waals surface area contributed by atoms with E-state index in [1.54, 1.807) is 0 Å². The van der Waals surface area contributed by atoms with Gasteiger partial charge in [0, 0.05) is 24.5 Å². The highest BCUT2D eigenvalue weighted by Crippen LogP contribution is 2.52. The Kier molecular flexibility index (Phi) is 3.97. The van der Waals surface area contributed by atoms with Crippen LogP contribution in [0.15, 0.2) is 60.7 Å². The van der Waals surface area contributed by atoms with E-state index < -0.39 is 9.84 Å². The van der Waals surface area contributed by atoms with Crippen LogP contribution in [0.5, 0.6) is 0 Å². The van der Waals surface area contributed by atoms with E-state index in [0.29, 0.717) is 17.5 Å². The highest BCUT2D eigenvalue weighted by Gasteiger charge is 2.57. The fraction of sp³-hybridized carbons (Fsp3) is 0.400. The van der Waals surface area contributed by atoms with Crippen LogP contribution in [-0.4, -0.2) is 30.9 Å². The van der Waals surface area contributed by atoms with Crippen LogP contribution < -0.4 is 0 Å². The maximum absolute atomic E-state index is 11.5. The molecule has 1 aliphatic carbocycles. The summed E-state index contributed by atoms with van der Waals surface area (Å²) in [6.07, 6.45) is 2.04. The van der Waals surface area contributed by atoms with Gasteiger partial charge in [-0.1, -0.05) is 60.7 Å². The van der Waals surface area contributed by atoms with Crippen LogP contribution in [0.3, 0.4) is 0 Å². The molecule has 4 heteroatoms. The Morgan fingerprint density at radius 1 is 0.833 bits per heavy atom. The van der Waals surface area contributed by atoms with E-state index >= 15 is 0 Å². The van der Waals surface area contributed by atoms with Crippen LogP contribution >= 0.6 is 0 Å². The molecular formula is C20H23NO2S. The van der Waals surface area contributed by atoms with Crippen molar-refractivity contribution in [2.24, 2.45) is 5.41 Å². The molecule has 1 aliphatic heterocycles. The van der Waals surface area contributed by atoms with Gasteiger partial charge in [0.05, 0.1) is 11.5 Å². The summed E-state index contributed by atoms with van der Waals surface area (Å²) in [4.78, 5) is 2.51. The second kappa shape index (κ2) is 6.01. The zero-order chi connectivity index (χ0) is 16.6. The van der Waals surface area contributed by atoms with Gasteiger partial charge in [0.15, 0.2) is 9.84 Å². The topological polar surface area (TPSA) is 37.4 Å². The van der Waals surface area contributed by atoms with Gasteiger partial charge in [-0.05, 0) is 24.0 Å². The van der Waals surface area contributed by atoms with Crippen molar-refractivity contribution in [1.29, 1.82) is 0 Å². The van der Waals surface area contributed by atoms with Gasteiger partial charge in [-0.2, -0.15) is 0 Å². The first kappa shape index (κ1) is 15.9. The maximum atomic E-state index is 11.5. The summed E-state index contributed by atoms with van der Waals surface area (Å²) >= 11 is 0. The van der Waals surface area contributed by atoms with Crippen molar-refractivity contribution in [3.8, 4) is 0 Å². The predicted molar refractivity (Wildman–Crippen MR) is 96.2 cm³/mol. The summed E-state index contributed by atoms with van der Waals surface area (Å²) in [6.45, 7) is 1.84. The number of hydrogen-bond donors (Lipinski definition) is 0. The summed E-state index contributed by atoms with van der Waals surface area (Å²) in [7, 11) is -2.74. The number of sulfone groups is 1. The van der Waals surface area contributed by atoms with Gasteiger partial charge < -0.3 is 0 Å². The first-order valence-electron chi connectivity index (χ1n) is 8.56. The molecule has 2 aliphatic rings. The third-order valence-electron chi connectivity index (χ3n) is 5.36. The molecule has 0 bridgehead atoms. The SMILES string of the molecule is O=S1(=O)CC2(CC(N(Cc3ccccc3)Cc3ccccc3)C2)C1. The molecule has 0 radical (unpaired) electrons. The van der Waals surface area contributed by atoms with Crippen molar-refractivity contribution in [2.75, 3.05) is 11.5 Å². The summed E-state index contributed by atoms with van der Waals surface area (Å²) in [5.74, 6) is 0.808. The molecule has 0 atom stereocenters. The third-order valence-corrected chi connectivity index (χ3v) is 7.47. The highest BCUT2D eigenvalue weighted by molar-refractivity contribution is 7.92. The highest BCUT2D eigenvalue weighted by atomic mass is 32.2. The minimum Gasteiger partial charge on any atom is -0.292 e. The van der Waals surface area contributed by atoms with E-state index in [-0.39, 0.29) is 5.41 Å². The minimum atomic E-state index is -2.74. The van der Waals surface area contributed by atoms with Gasteiger partial charge >= 0.3 is 0 Å². The first-order chi connectivity index (χ1) is 11.5. The molecule has 2 aromatic carbocycles. The van der Waals surface area contributed by atoms with Crippen LogP contribution in [-0.2, 0) is 22.9 Å². The monoisotopic (exact) mass is 341 g/mol. The maximum Gasteiger partial charge on any atom is 0.151 e.